The van der Waals surface area contributed by atoms with E-state index in [0.29, 0.717) is 31.6 Å². The molecule has 0 spiro atoms. The van der Waals surface area contributed by atoms with Gasteiger partial charge < -0.3 is 19.5 Å². The van der Waals surface area contributed by atoms with Crippen molar-refractivity contribution >= 4 is 27.3 Å². The van der Waals surface area contributed by atoms with Crippen LogP contribution in [-0.2, 0) is 19.6 Å². The topological polar surface area (TPSA) is 105 Å². The van der Waals surface area contributed by atoms with Crippen LogP contribution in [0.25, 0.3) is 0 Å². The number of carbonyl (C=O) groups excluding carboxylic acids is 1. The normalized spacial score (nSPS) is 18.8. The molecule has 1 aromatic heterocycles. The Morgan fingerprint density at radius 1 is 1.06 bits per heavy atom. The largest absolute Gasteiger partial charge is 0.378 e. The van der Waals surface area contributed by atoms with Crippen LogP contribution in [0.15, 0.2) is 33.7 Å². The molecule has 1 N–H and O–H groups in total. The Hall–Kier alpha value is -2.43. The Morgan fingerprint density at radius 3 is 2.29 bits per heavy atom. The molecular weight excluding hydrogens is 420 g/mol. The van der Waals surface area contributed by atoms with Crippen LogP contribution in [0.5, 0.6) is 0 Å². The molecule has 1 aromatic carbocycles. The number of amides is 1. The predicted octanol–water partition coefficient (Wildman–Crippen LogP) is 2.17. The highest BCUT2D eigenvalue weighted by atomic mass is 32.2. The second-order valence-electron chi connectivity index (χ2n) is 7.97. The number of rotatable bonds is 5. The van der Waals surface area contributed by atoms with Gasteiger partial charge in [0.05, 0.1) is 13.2 Å². The summed E-state index contributed by atoms with van der Waals surface area (Å²) in [5, 5.41) is 6.72. The number of nitrogens with one attached hydrogen (secondary N) is 1. The van der Waals surface area contributed by atoms with E-state index < -0.39 is 10.0 Å². The first-order valence-corrected chi connectivity index (χ1v) is 12.0. The van der Waals surface area contributed by atoms with Gasteiger partial charge in [-0.05, 0) is 51.0 Å². The summed E-state index contributed by atoms with van der Waals surface area (Å²) >= 11 is 0. The van der Waals surface area contributed by atoms with E-state index in [-0.39, 0.29) is 22.5 Å². The van der Waals surface area contributed by atoms with Crippen LogP contribution < -0.4 is 10.2 Å². The molecule has 1 amide bonds. The Labute approximate surface area is 182 Å². The van der Waals surface area contributed by atoms with E-state index in [9.17, 15) is 13.2 Å². The summed E-state index contributed by atoms with van der Waals surface area (Å²) in [4.78, 5) is 15.1. The molecule has 0 unspecified atom stereocenters. The third kappa shape index (κ3) is 4.60. The van der Waals surface area contributed by atoms with Gasteiger partial charge >= 0.3 is 0 Å². The van der Waals surface area contributed by atoms with Crippen molar-refractivity contribution in [3.63, 3.8) is 0 Å². The molecule has 10 heteroatoms. The molecule has 3 heterocycles. The molecule has 0 bridgehead atoms. The number of anilines is 2. The highest BCUT2D eigenvalue weighted by molar-refractivity contribution is 7.89. The van der Waals surface area contributed by atoms with E-state index in [1.165, 1.54) is 4.31 Å². The molecule has 0 saturated carbocycles. The van der Waals surface area contributed by atoms with Crippen LogP contribution in [0.4, 0.5) is 11.4 Å². The van der Waals surface area contributed by atoms with Gasteiger partial charge in [0.2, 0.25) is 15.9 Å². The van der Waals surface area contributed by atoms with Gasteiger partial charge in [-0.15, -0.1) is 0 Å². The van der Waals surface area contributed by atoms with Crippen molar-refractivity contribution in [3.8, 4) is 0 Å². The minimum Gasteiger partial charge on any atom is -0.378 e. The van der Waals surface area contributed by atoms with Crippen LogP contribution in [0.3, 0.4) is 0 Å². The number of hydrogen-bond acceptors (Lipinski definition) is 7. The average Bonchev–Trinajstić information content (AvgIpc) is 3.13. The molecule has 2 aliphatic rings. The van der Waals surface area contributed by atoms with Crippen LogP contribution in [0, 0.1) is 19.8 Å². The fourth-order valence-corrected chi connectivity index (χ4v) is 5.91. The molecule has 0 aliphatic carbocycles. The second-order valence-corrected chi connectivity index (χ2v) is 9.84. The molecule has 168 valence electrons. The monoisotopic (exact) mass is 448 g/mol. The summed E-state index contributed by atoms with van der Waals surface area (Å²) in [6.45, 7) is 6.97. The summed E-state index contributed by atoms with van der Waals surface area (Å²) in [5.74, 6) is -0.0126. The van der Waals surface area contributed by atoms with E-state index in [1.807, 2.05) is 24.3 Å². The number of piperidine rings is 1. The fraction of sp³-hybridized carbons (Fsp3) is 0.524. The van der Waals surface area contributed by atoms with Crippen LogP contribution in [-0.4, -0.2) is 63.2 Å². The van der Waals surface area contributed by atoms with Gasteiger partial charge in [0.25, 0.3) is 0 Å². The van der Waals surface area contributed by atoms with Gasteiger partial charge in [-0.25, -0.2) is 8.42 Å². The number of morpholine rings is 1. The lowest BCUT2D eigenvalue weighted by atomic mass is 9.97. The molecule has 0 atom stereocenters. The summed E-state index contributed by atoms with van der Waals surface area (Å²) in [7, 11) is -3.67. The van der Waals surface area contributed by atoms with Crippen molar-refractivity contribution in [1.29, 1.82) is 0 Å². The van der Waals surface area contributed by atoms with Crippen molar-refractivity contribution in [2.45, 2.75) is 31.6 Å². The van der Waals surface area contributed by atoms with Crippen LogP contribution in [0.1, 0.15) is 24.3 Å². The summed E-state index contributed by atoms with van der Waals surface area (Å²) in [6.07, 6.45) is 0.945. The number of aromatic nitrogens is 1. The van der Waals surface area contributed by atoms with E-state index in [0.717, 1.165) is 37.7 Å². The van der Waals surface area contributed by atoms with Crippen molar-refractivity contribution in [1.82, 2.24) is 9.46 Å². The van der Waals surface area contributed by atoms with E-state index in [2.05, 4.69) is 15.4 Å². The lowest BCUT2D eigenvalue weighted by molar-refractivity contribution is -0.120. The summed E-state index contributed by atoms with van der Waals surface area (Å²) in [6, 6.07) is 7.80. The number of hydrogen-bond donors (Lipinski definition) is 1. The highest BCUT2D eigenvalue weighted by Crippen LogP contribution is 2.28. The Kier molecular flexibility index (Phi) is 6.31. The first-order chi connectivity index (χ1) is 14.9. The lowest BCUT2D eigenvalue weighted by Crippen LogP contribution is -2.41. The molecule has 4 rings (SSSR count). The number of benzene rings is 1. The average molecular weight is 449 g/mol. The van der Waals surface area contributed by atoms with Crippen LogP contribution >= 0.6 is 0 Å². The van der Waals surface area contributed by atoms with Gasteiger partial charge in [0.15, 0.2) is 5.76 Å². The van der Waals surface area contributed by atoms with Crippen molar-refractivity contribution < 1.29 is 22.5 Å². The zero-order valence-electron chi connectivity index (χ0n) is 17.8. The number of ether oxygens (including phenoxy) is 1. The van der Waals surface area contributed by atoms with Crippen molar-refractivity contribution in [2.75, 3.05) is 49.6 Å². The lowest BCUT2D eigenvalue weighted by Gasteiger charge is -2.30. The Morgan fingerprint density at radius 2 is 1.71 bits per heavy atom. The minimum atomic E-state index is -3.67. The Balaban J connectivity index is 1.33. The van der Waals surface area contributed by atoms with Gasteiger partial charge in [-0.3, -0.25) is 4.79 Å². The smallest absolute Gasteiger partial charge is 0.248 e. The van der Waals surface area contributed by atoms with Crippen molar-refractivity contribution in [2.24, 2.45) is 5.92 Å². The number of nitrogens with zero attached hydrogens (tertiary/aromatic N) is 3. The third-order valence-corrected chi connectivity index (χ3v) is 8.05. The van der Waals surface area contributed by atoms with Gasteiger partial charge in [0.1, 0.15) is 10.6 Å². The molecule has 2 aromatic rings. The number of aryl methyl sites for hydroxylation is 2. The zero-order chi connectivity index (χ0) is 22.0. The molecule has 2 saturated heterocycles. The van der Waals surface area contributed by atoms with Gasteiger partial charge in [0, 0.05) is 43.5 Å². The van der Waals surface area contributed by atoms with E-state index in [1.54, 1.807) is 13.8 Å². The van der Waals surface area contributed by atoms with E-state index >= 15 is 0 Å². The molecule has 2 fully saturated rings. The molecule has 0 radical (unpaired) electrons. The number of sulfonamides is 1. The first kappa shape index (κ1) is 21.8. The maximum absolute atomic E-state index is 12.9. The van der Waals surface area contributed by atoms with Gasteiger partial charge in [-0.2, -0.15) is 4.31 Å². The predicted molar refractivity (Wildman–Crippen MR) is 116 cm³/mol. The minimum absolute atomic E-state index is 0.0755. The molecule has 2 aliphatic heterocycles. The van der Waals surface area contributed by atoms with E-state index in [4.69, 9.17) is 9.26 Å². The molecule has 9 nitrogen and oxygen atoms in total. The molecule has 31 heavy (non-hydrogen) atoms. The summed E-state index contributed by atoms with van der Waals surface area (Å²) in [5.41, 5.74) is 2.21. The van der Waals surface area contributed by atoms with Gasteiger partial charge in [-0.1, -0.05) is 5.16 Å². The SMILES string of the molecule is Cc1noc(C)c1S(=O)(=O)N1CCC(C(=O)Nc2ccc(N3CCOCC3)cc2)CC1. The third-order valence-electron chi connectivity index (χ3n) is 5.90. The second kappa shape index (κ2) is 8.97. The quantitative estimate of drug-likeness (QED) is 0.747. The van der Waals surface area contributed by atoms with Crippen LogP contribution in [0.2, 0.25) is 0 Å². The Bertz CT molecular complexity index is 1000. The maximum atomic E-state index is 12.9. The fourth-order valence-electron chi connectivity index (χ4n) is 4.15. The van der Waals surface area contributed by atoms with Crippen molar-refractivity contribution in [3.05, 3.63) is 35.7 Å². The first-order valence-electron chi connectivity index (χ1n) is 10.5. The molecular formula is C21H28N4O5S. The standard InChI is InChI=1S/C21H28N4O5S/c1-15-20(16(2)30-23-15)31(27,28)25-9-7-17(8-10-25)21(26)22-18-3-5-19(6-4-18)24-11-13-29-14-12-24/h3-6,17H,7-14H2,1-2H3,(H,22,26). The maximum Gasteiger partial charge on any atom is 0.248 e. The highest BCUT2D eigenvalue weighted by Gasteiger charge is 2.35. The zero-order valence-corrected chi connectivity index (χ0v) is 18.7. The summed E-state index contributed by atoms with van der Waals surface area (Å²) < 4.78 is 37.7. The number of carbonyl (C=O) groups is 1.